The number of hydrogen-bond donors (Lipinski definition) is 0. The molecule has 2 saturated heterocycles. The van der Waals surface area contributed by atoms with Gasteiger partial charge in [0.15, 0.2) is 0 Å². The normalized spacial score (nSPS) is 31.0. The average molecular weight is 234 g/mol. The van der Waals surface area contributed by atoms with E-state index in [2.05, 4.69) is 5.10 Å². The van der Waals surface area contributed by atoms with Gasteiger partial charge in [-0.05, 0) is 31.7 Å². The molecular formula is C13H18N2O2. The van der Waals surface area contributed by atoms with E-state index in [1.807, 2.05) is 17.8 Å². The Morgan fingerprint density at radius 2 is 2.47 bits per heavy atom. The highest BCUT2D eigenvalue weighted by molar-refractivity contribution is 5.84. The molecule has 2 aliphatic heterocycles. The molecule has 4 nitrogen and oxygen atoms in total. The first-order chi connectivity index (χ1) is 8.26. The van der Waals surface area contributed by atoms with Gasteiger partial charge in [-0.15, -0.1) is 0 Å². The maximum atomic E-state index is 12.2. The molecule has 92 valence electrons. The zero-order valence-corrected chi connectivity index (χ0v) is 10.1. The van der Waals surface area contributed by atoms with Crippen molar-refractivity contribution in [1.82, 2.24) is 9.78 Å². The Bertz CT molecular complexity index is 427. The first-order valence-electron chi connectivity index (χ1n) is 6.45. The maximum absolute atomic E-state index is 12.2. The standard InChI is InChI=1S/C13H18N2O2/c1-2-15-8-9(7-14-15)5-12(16)11-6-10-3-4-13(11)17-10/h7-8,10-11,13H,2-6H2,1H3. The molecule has 0 aromatic carbocycles. The Hall–Kier alpha value is -1.16. The lowest BCUT2D eigenvalue weighted by atomic mass is 9.84. The highest BCUT2D eigenvalue weighted by atomic mass is 16.5. The first kappa shape index (κ1) is 11.0. The summed E-state index contributed by atoms with van der Waals surface area (Å²) in [6, 6.07) is 0. The van der Waals surface area contributed by atoms with E-state index in [0.717, 1.165) is 31.4 Å². The van der Waals surface area contributed by atoms with Gasteiger partial charge in [-0.2, -0.15) is 5.10 Å². The van der Waals surface area contributed by atoms with Crippen LogP contribution in [0.1, 0.15) is 31.7 Å². The summed E-state index contributed by atoms with van der Waals surface area (Å²) >= 11 is 0. The summed E-state index contributed by atoms with van der Waals surface area (Å²) in [6.07, 6.45) is 7.97. The van der Waals surface area contributed by atoms with E-state index in [1.165, 1.54) is 0 Å². The van der Waals surface area contributed by atoms with Crippen LogP contribution in [-0.2, 0) is 22.5 Å². The summed E-state index contributed by atoms with van der Waals surface area (Å²) in [7, 11) is 0. The highest BCUT2D eigenvalue weighted by Gasteiger charge is 2.43. The molecule has 3 heterocycles. The van der Waals surface area contributed by atoms with E-state index >= 15 is 0 Å². The quantitative estimate of drug-likeness (QED) is 0.794. The smallest absolute Gasteiger partial charge is 0.143 e. The van der Waals surface area contributed by atoms with Gasteiger partial charge in [-0.25, -0.2) is 0 Å². The van der Waals surface area contributed by atoms with Crippen LogP contribution in [0.15, 0.2) is 12.4 Å². The molecule has 0 amide bonds. The monoisotopic (exact) mass is 234 g/mol. The third-order valence-corrected chi connectivity index (χ3v) is 3.91. The summed E-state index contributed by atoms with van der Waals surface area (Å²) in [5, 5.41) is 4.20. The minimum Gasteiger partial charge on any atom is -0.374 e. The lowest BCUT2D eigenvalue weighted by Crippen LogP contribution is -2.26. The van der Waals surface area contributed by atoms with Crippen molar-refractivity contribution in [3.63, 3.8) is 0 Å². The molecule has 0 spiro atoms. The van der Waals surface area contributed by atoms with Crippen molar-refractivity contribution in [2.75, 3.05) is 0 Å². The van der Waals surface area contributed by atoms with Crippen LogP contribution in [0.5, 0.6) is 0 Å². The number of Topliss-reactive ketones (excluding diaryl/α,β-unsaturated/α-hetero) is 1. The highest BCUT2D eigenvalue weighted by Crippen LogP contribution is 2.39. The number of nitrogens with zero attached hydrogens (tertiary/aromatic N) is 2. The van der Waals surface area contributed by atoms with E-state index in [-0.39, 0.29) is 12.0 Å². The molecule has 4 heteroatoms. The first-order valence-corrected chi connectivity index (χ1v) is 6.45. The molecule has 17 heavy (non-hydrogen) atoms. The van der Waals surface area contributed by atoms with Crippen LogP contribution in [0.3, 0.4) is 0 Å². The summed E-state index contributed by atoms with van der Waals surface area (Å²) < 4.78 is 7.59. The Balaban J connectivity index is 1.63. The van der Waals surface area contributed by atoms with Crippen LogP contribution in [0.2, 0.25) is 0 Å². The van der Waals surface area contributed by atoms with Gasteiger partial charge in [0.05, 0.1) is 18.4 Å². The minimum atomic E-state index is 0.138. The lowest BCUT2D eigenvalue weighted by molar-refractivity contribution is -0.123. The number of fused-ring (bicyclic) bond motifs is 2. The zero-order chi connectivity index (χ0) is 11.8. The summed E-state index contributed by atoms with van der Waals surface area (Å²) in [6.45, 7) is 2.90. The Morgan fingerprint density at radius 1 is 1.59 bits per heavy atom. The lowest BCUT2D eigenvalue weighted by Gasteiger charge is -2.16. The van der Waals surface area contributed by atoms with Crippen LogP contribution >= 0.6 is 0 Å². The second-order valence-electron chi connectivity index (χ2n) is 5.06. The predicted octanol–water partition coefficient (Wildman–Crippen LogP) is 1.58. The summed E-state index contributed by atoms with van der Waals surface area (Å²) in [5.74, 6) is 0.464. The van der Waals surface area contributed by atoms with Crippen molar-refractivity contribution in [2.24, 2.45) is 5.92 Å². The fourth-order valence-corrected chi connectivity index (χ4v) is 2.98. The molecule has 2 fully saturated rings. The topological polar surface area (TPSA) is 44.1 Å². The van der Waals surface area contributed by atoms with E-state index in [4.69, 9.17) is 4.74 Å². The number of ether oxygens (including phenoxy) is 1. The molecule has 0 saturated carbocycles. The van der Waals surface area contributed by atoms with Crippen LogP contribution in [0, 0.1) is 5.92 Å². The molecule has 1 aromatic heterocycles. The summed E-state index contributed by atoms with van der Waals surface area (Å²) in [5.41, 5.74) is 1.03. The Kier molecular flexibility index (Phi) is 2.74. The number of carbonyl (C=O) groups is 1. The SMILES string of the molecule is CCn1cc(CC(=O)C2CC3CCC2O3)cn1. The van der Waals surface area contributed by atoms with Gasteiger partial charge >= 0.3 is 0 Å². The van der Waals surface area contributed by atoms with Gasteiger partial charge < -0.3 is 4.74 Å². The second kappa shape index (κ2) is 4.26. The van der Waals surface area contributed by atoms with Crippen molar-refractivity contribution in [3.05, 3.63) is 18.0 Å². The van der Waals surface area contributed by atoms with Gasteiger partial charge in [0.1, 0.15) is 5.78 Å². The van der Waals surface area contributed by atoms with Crippen LogP contribution in [0.25, 0.3) is 0 Å². The van der Waals surface area contributed by atoms with E-state index < -0.39 is 0 Å². The Labute approximate surface area is 101 Å². The van der Waals surface area contributed by atoms with Crippen LogP contribution in [0.4, 0.5) is 0 Å². The number of carbonyl (C=O) groups excluding carboxylic acids is 1. The zero-order valence-electron chi connectivity index (χ0n) is 10.1. The van der Waals surface area contributed by atoms with Crippen LogP contribution < -0.4 is 0 Å². The average Bonchev–Trinajstić information content (AvgIpc) is 3.04. The third-order valence-electron chi connectivity index (χ3n) is 3.91. The largest absolute Gasteiger partial charge is 0.374 e. The number of aromatic nitrogens is 2. The predicted molar refractivity (Wildman–Crippen MR) is 62.6 cm³/mol. The molecule has 3 rings (SSSR count). The molecule has 0 aliphatic carbocycles. The van der Waals surface area contributed by atoms with E-state index in [9.17, 15) is 4.79 Å². The summed E-state index contributed by atoms with van der Waals surface area (Å²) in [4.78, 5) is 12.2. The number of hydrogen-bond acceptors (Lipinski definition) is 3. The fraction of sp³-hybridized carbons (Fsp3) is 0.692. The molecular weight excluding hydrogens is 216 g/mol. The van der Waals surface area contributed by atoms with Crippen molar-refractivity contribution in [2.45, 2.75) is 51.4 Å². The third kappa shape index (κ3) is 2.02. The number of rotatable bonds is 4. The molecule has 3 unspecified atom stereocenters. The Morgan fingerprint density at radius 3 is 3.06 bits per heavy atom. The molecule has 3 atom stereocenters. The van der Waals surface area contributed by atoms with E-state index in [0.29, 0.717) is 18.3 Å². The molecule has 2 aliphatic rings. The van der Waals surface area contributed by atoms with Crippen molar-refractivity contribution in [1.29, 1.82) is 0 Å². The van der Waals surface area contributed by atoms with Crippen molar-refractivity contribution in [3.8, 4) is 0 Å². The van der Waals surface area contributed by atoms with Gasteiger partial charge in [0, 0.05) is 25.1 Å². The minimum absolute atomic E-state index is 0.138. The van der Waals surface area contributed by atoms with Gasteiger partial charge in [0.25, 0.3) is 0 Å². The molecule has 2 bridgehead atoms. The molecule has 0 radical (unpaired) electrons. The second-order valence-corrected chi connectivity index (χ2v) is 5.06. The van der Waals surface area contributed by atoms with Gasteiger partial charge in [-0.1, -0.05) is 0 Å². The molecule has 1 aromatic rings. The van der Waals surface area contributed by atoms with Gasteiger partial charge in [-0.3, -0.25) is 9.48 Å². The fourth-order valence-electron chi connectivity index (χ4n) is 2.98. The molecule has 0 N–H and O–H groups in total. The van der Waals surface area contributed by atoms with Crippen molar-refractivity contribution >= 4 is 5.78 Å². The van der Waals surface area contributed by atoms with Crippen molar-refractivity contribution < 1.29 is 9.53 Å². The van der Waals surface area contributed by atoms with E-state index in [1.54, 1.807) is 6.20 Å². The van der Waals surface area contributed by atoms with Gasteiger partial charge in [0.2, 0.25) is 0 Å². The maximum Gasteiger partial charge on any atom is 0.143 e. The van der Waals surface area contributed by atoms with Crippen LogP contribution in [-0.4, -0.2) is 27.8 Å². The number of ketones is 1. The number of aryl methyl sites for hydroxylation is 1.